The SMILES string of the molecule is COc1ccc(C2c3ccccc3CN2S(C)(=O)=O)cc1O. The molecule has 1 aliphatic heterocycles. The van der Waals surface area contributed by atoms with E-state index in [1.165, 1.54) is 17.7 Å². The lowest BCUT2D eigenvalue weighted by atomic mass is 9.98. The summed E-state index contributed by atoms with van der Waals surface area (Å²) in [6.45, 7) is 0.340. The van der Waals surface area contributed by atoms with Crippen molar-refractivity contribution in [1.29, 1.82) is 0 Å². The molecule has 1 atom stereocenters. The molecule has 2 aromatic rings. The van der Waals surface area contributed by atoms with Crippen molar-refractivity contribution >= 4 is 10.0 Å². The first-order chi connectivity index (χ1) is 10.4. The van der Waals surface area contributed by atoms with Crippen molar-refractivity contribution in [3.05, 3.63) is 59.2 Å². The Morgan fingerprint density at radius 1 is 1.23 bits per heavy atom. The van der Waals surface area contributed by atoms with Crippen molar-refractivity contribution in [2.45, 2.75) is 12.6 Å². The van der Waals surface area contributed by atoms with Gasteiger partial charge in [-0.15, -0.1) is 0 Å². The number of fused-ring (bicyclic) bond motifs is 1. The van der Waals surface area contributed by atoms with E-state index in [4.69, 9.17) is 4.74 Å². The highest BCUT2D eigenvalue weighted by Gasteiger charge is 2.37. The second-order valence-corrected chi connectivity index (χ2v) is 7.28. The molecule has 5 nitrogen and oxygen atoms in total. The lowest BCUT2D eigenvalue weighted by Gasteiger charge is -2.23. The highest BCUT2D eigenvalue weighted by Crippen LogP contribution is 2.42. The van der Waals surface area contributed by atoms with Crippen LogP contribution in [0.2, 0.25) is 0 Å². The highest BCUT2D eigenvalue weighted by molar-refractivity contribution is 7.88. The third-order valence-corrected chi connectivity index (χ3v) is 5.10. The summed E-state index contributed by atoms with van der Waals surface area (Å²) >= 11 is 0. The molecule has 1 unspecified atom stereocenters. The maximum Gasteiger partial charge on any atom is 0.212 e. The molecule has 3 rings (SSSR count). The number of rotatable bonds is 3. The van der Waals surface area contributed by atoms with Gasteiger partial charge in [0.15, 0.2) is 11.5 Å². The third-order valence-electron chi connectivity index (χ3n) is 3.91. The molecule has 0 aromatic heterocycles. The van der Waals surface area contributed by atoms with Crippen LogP contribution in [0, 0.1) is 0 Å². The van der Waals surface area contributed by atoms with Crippen molar-refractivity contribution < 1.29 is 18.3 Å². The van der Waals surface area contributed by atoms with Gasteiger partial charge in [-0.3, -0.25) is 0 Å². The number of ether oxygens (including phenoxy) is 1. The Hall–Kier alpha value is -2.05. The summed E-state index contributed by atoms with van der Waals surface area (Å²) in [6, 6.07) is 12.2. The van der Waals surface area contributed by atoms with Crippen molar-refractivity contribution in [2.75, 3.05) is 13.4 Å². The number of hydrogen-bond acceptors (Lipinski definition) is 4. The number of benzene rings is 2. The standard InChI is InChI=1S/C16H17NO4S/c1-21-15-8-7-11(9-14(15)18)16-13-6-4-3-5-12(13)10-17(16)22(2,19)20/h3-9,16,18H,10H2,1-2H3. The minimum absolute atomic E-state index is 0.00201. The minimum Gasteiger partial charge on any atom is -0.504 e. The zero-order valence-corrected chi connectivity index (χ0v) is 13.2. The number of nitrogens with zero attached hydrogens (tertiary/aromatic N) is 1. The van der Waals surface area contributed by atoms with Crippen LogP contribution in [0.1, 0.15) is 22.7 Å². The molecule has 6 heteroatoms. The van der Waals surface area contributed by atoms with Crippen molar-refractivity contribution in [1.82, 2.24) is 4.31 Å². The number of hydrogen-bond donors (Lipinski definition) is 1. The number of phenolic OH excluding ortho intramolecular Hbond substituents is 1. The topological polar surface area (TPSA) is 66.8 Å². The first kappa shape index (κ1) is 14.9. The van der Waals surface area contributed by atoms with Gasteiger partial charge in [0.05, 0.1) is 19.4 Å². The molecule has 0 saturated heterocycles. The van der Waals surface area contributed by atoms with E-state index in [9.17, 15) is 13.5 Å². The van der Waals surface area contributed by atoms with E-state index in [0.717, 1.165) is 11.1 Å². The molecule has 0 fully saturated rings. The van der Waals surface area contributed by atoms with Crippen LogP contribution in [0.4, 0.5) is 0 Å². The number of methoxy groups -OCH3 is 1. The zero-order valence-electron chi connectivity index (χ0n) is 12.4. The van der Waals surface area contributed by atoms with Gasteiger partial charge in [0.2, 0.25) is 10.0 Å². The van der Waals surface area contributed by atoms with Gasteiger partial charge in [-0.05, 0) is 28.8 Å². The summed E-state index contributed by atoms with van der Waals surface area (Å²) in [5.74, 6) is 0.360. The second-order valence-electron chi connectivity index (χ2n) is 5.34. The maximum absolute atomic E-state index is 12.1. The summed E-state index contributed by atoms with van der Waals surface area (Å²) in [6.07, 6.45) is 1.20. The Balaban J connectivity index is 2.14. The Morgan fingerprint density at radius 2 is 1.95 bits per heavy atom. The molecule has 0 spiro atoms. The largest absolute Gasteiger partial charge is 0.504 e. The zero-order chi connectivity index (χ0) is 15.9. The summed E-state index contributed by atoms with van der Waals surface area (Å²) in [7, 11) is -1.90. The molecule has 0 saturated carbocycles. The maximum atomic E-state index is 12.1. The van der Waals surface area contributed by atoms with Crippen LogP contribution in [0.15, 0.2) is 42.5 Å². The van der Waals surface area contributed by atoms with Crippen LogP contribution < -0.4 is 4.74 Å². The lowest BCUT2D eigenvalue weighted by Crippen LogP contribution is -2.29. The average Bonchev–Trinajstić information content (AvgIpc) is 2.86. The van der Waals surface area contributed by atoms with Crippen LogP contribution in [0.3, 0.4) is 0 Å². The van der Waals surface area contributed by atoms with Crippen LogP contribution in [0.5, 0.6) is 11.5 Å². The molecule has 1 aliphatic rings. The van der Waals surface area contributed by atoms with Gasteiger partial charge in [-0.2, -0.15) is 4.31 Å². The first-order valence-electron chi connectivity index (χ1n) is 6.83. The molecule has 0 bridgehead atoms. The van der Waals surface area contributed by atoms with Gasteiger partial charge in [-0.1, -0.05) is 30.3 Å². The summed E-state index contributed by atoms with van der Waals surface area (Å²) < 4.78 is 30.8. The Kier molecular flexibility index (Phi) is 3.58. The molecule has 0 radical (unpaired) electrons. The monoisotopic (exact) mass is 319 g/mol. The molecule has 116 valence electrons. The van der Waals surface area contributed by atoms with E-state index >= 15 is 0 Å². The summed E-state index contributed by atoms with van der Waals surface area (Å²) in [4.78, 5) is 0. The van der Waals surface area contributed by atoms with Crippen molar-refractivity contribution in [3.63, 3.8) is 0 Å². The fourth-order valence-electron chi connectivity index (χ4n) is 2.89. The van der Waals surface area contributed by atoms with Crippen LogP contribution in [0.25, 0.3) is 0 Å². The van der Waals surface area contributed by atoms with Gasteiger partial charge >= 0.3 is 0 Å². The first-order valence-corrected chi connectivity index (χ1v) is 8.68. The van der Waals surface area contributed by atoms with Gasteiger partial charge in [-0.25, -0.2) is 8.42 Å². The fourth-order valence-corrected chi connectivity index (χ4v) is 3.88. The van der Waals surface area contributed by atoms with E-state index < -0.39 is 16.1 Å². The van der Waals surface area contributed by atoms with E-state index in [2.05, 4.69) is 0 Å². The number of aromatic hydroxyl groups is 1. The predicted octanol–water partition coefficient (Wildman–Crippen LogP) is 2.27. The predicted molar refractivity (Wildman–Crippen MR) is 83.3 cm³/mol. The molecule has 1 heterocycles. The van der Waals surface area contributed by atoms with Gasteiger partial charge in [0.25, 0.3) is 0 Å². The van der Waals surface area contributed by atoms with E-state index in [-0.39, 0.29) is 5.75 Å². The van der Waals surface area contributed by atoms with Crippen LogP contribution >= 0.6 is 0 Å². The average molecular weight is 319 g/mol. The number of sulfonamides is 1. The Labute approximate surface area is 129 Å². The van der Waals surface area contributed by atoms with Crippen LogP contribution in [-0.2, 0) is 16.6 Å². The molecular formula is C16H17NO4S. The molecule has 0 amide bonds. The molecule has 1 N–H and O–H groups in total. The molecule has 2 aromatic carbocycles. The normalized spacial score (nSPS) is 18.2. The van der Waals surface area contributed by atoms with E-state index in [0.29, 0.717) is 17.9 Å². The lowest BCUT2D eigenvalue weighted by molar-refractivity contribution is 0.368. The van der Waals surface area contributed by atoms with Crippen molar-refractivity contribution in [2.24, 2.45) is 0 Å². The second kappa shape index (κ2) is 5.30. The number of phenols is 1. The van der Waals surface area contributed by atoms with Gasteiger partial charge < -0.3 is 9.84 Å². The quantitative estimate of drug-likeness (QED) is 0.942. The van der Waals surface area contributed by atoms with Crippen molar-refractivity contribution in [3.8, 4) is 11.5 Å². The summed E-state index contributed by atoms with van der Waals surface area (Å²) in [5.41, 5.74) is 2.64. The third kappa shape index (κ3) is 2.44. The molecular weight excluding hydrogens is 302 g/mol. The van der Waals surface area contributed by atoms with E-state index in [1.54, 1.807) is 18.2 Å². The summed E-state index contributed by atoms with van der Waals surface area (Å²) in [5, 5.41) is 10.00. The Bertz CT molecular complexity index is 817. The molecule has 0 aliphatic carbocycles. The smallest absolute Gasteiger partial charge is 0.212 e. The van der Waals surface area contributed by atoms with Gasteiger partial charge in [0.1, 0.15) is 0 Å². The van der Waals surface area contributed by atoms with Crippen LogP contribution in [-0.4, -0.2) is 31.2 Å². The minimum atomic E-state index is -3.38. The Morgan fingerprint density at radius 3 is 2.59 bits per heavy atom. The van der Waals surface area contributed by atoms with Gasteiger partial charge in [0, 0.05) is 6.54 Å². The van der Waals surface area contributed by atoms with E-state index in [1.807, 2.05) is 24.3 Å². The molecule has 22 heavy (non-hydrogen) atoms. The fraction of sp³-hybridized carbons (Fsp3) is 0.250. The highest BCUT2D eigenvalue weighted by atomic mass is 32.2.